The molecule has 2 rings (SSSR count). The molecule has 2 aromatic rings. The van der Waals surface area contributed by atoms with Gasteiger partial charge in [0.15, 0.2) is 5.75 Å². The molecule has 1 heterocycles. The van der Waals surface area contributed by atoms with E-state index in [2.05, 4.69) is 20.9 Å². The summed E-state index contributed by atoms with van der Waals surface area (Å²) in [5.74, 6) is 0.231. The molecule has 0 amide bonds. The van der Waals surface area contributed by atoms with Crippen LogP contribution in [0.4, 0.5) is 0 Å². The van der Waals surface area contributed by atoms with Crippen molar-refractivity contribution in [2.45, 2.75) is 19.8 Å². The summed E-state index contributed by atoms with van der Waals surface area (Å²) in [4.78, 5) is 14.5. The SMILES string of the molecule is CCCC(=O)Oc1c[nH]c2ccc(Br)c(Cl)c12. The first-order valence-electron chi connectivity index (χ1n) is 5.29. The first-order chi connectivity index (χ1) is 8.13. The van der Waals surface area contributed by atoms with Crippen molar-refractivity contribution in [1.29, 1.82) is 0 Å². The van der Waals surface area contributed by atoms with E-state index in [0.717, 1.165) is 21.8 Å². The van der Waals surface area contributed by atoms with Crippen LogP contribution in [0, 0.1) is 0 Å². The second kappa shape index (κ2) is 5.10. The molecule has 0 spiro atoms. The minimum Gasteiger partial charge on any atom is -0.424 e. The van der Waals surface area contributed by atoms with Crippen LogP contribution >= 0.6 is 27.5 Å². The number of fused-ring (bicyclic) bond motifs is 1. The van der Waals surface area contributed by atoms with Crippen LogP contribution in [0.25, 0.3) is 10.9 Å². The van der Waals surface area contributed by atoms with E-state index >= 15 is 0 Å². The molecule has 0 aliphatic carbocycles. The molecule has 0 aliphatic heterocycles. The van der Waals surface area contributed by atoms with Gasteiger partial charge in [-0.25, -0.2) is 0 Å². The average molecular weight is 317 g/mol. The lowest BCUT2D eigenvalue weighted by molar-refractivity contribution is -0.134. The Balaban J connectivity index is 2.41. The van der Waals surface area contributed by atoms with Gasteiger partial charge < -0.3 is 9.72 Å². The number of halogens is 2. The van der Waals surface area contributed by atoms with Crippen molar-refractivity contribution in [2.24, 2.45) is 0 Å². The summed E-state index contributed by atoms with van der Waals surface area (Å²) in [7, 11) is 0. The lowest BCUT2D eigenvalue weighted by atomic mass is 10.2. The number of aromatic nitrogens is 1. The lowest BCUT2D eigenvalue weighted by Gasteiger charge is -2.03. The van der Waals surface area contributed by atoms with E-state index in [9.17, 15) is 4.79 Å². The first-order valence-corrected chi connectivity index (χ1v) is 6.46. The second-order valence-electron chi connectivity index (χ2n) is 3.66. The number of aromatic amines is 1. The number of esters is 1. The van der Waals surface area contributed by atoms with Gasteiger partial charge in [0.25, 0.3) is 0 Å². The number of benzene rings is 1. The van der Waals surface area contributed by atoms with Gasteiger partial charge in [0.05, 0.1) is 15.9 Å². The van der Waals surface area contributed by atoms with Crippen molar-refractivity contribution in [2.75, 3.05) is 0 Å². The van der Waals surface area contributed by atoms with Crippen LogP contribution in [0.3, 0.4) is 0 Å². The molecule has 90 valence electrons. The quantitative estimate of drug-likeness (QED) is 0.858. The molecule has 0 fully saturated rings. The van der Waals surface area contributed by atoms with Crippen LogP contribution in [0.15, 0.2) is 22.8 Å². The Kier molecular flexibility index (Phi) is 3.74. The van der Waals surface area contributed by atoms with E-state index in [1.807, 2.05) is 19.1 Å². The van der Waals surface area contributed by atoms with Gasteiger partial charge in [-0.3, -0.25) is 4.79 Å². The zero-order valence-corrected chi connectivity index (χ0v) is 11.6. The summed E-state index contributed by atoms with van der Waals surface area (Å²) in [6, 6.07) is 3.72. The average Bonchev–Trinajstić information content (AvgIpc) is 2.68. The summed E-state index contributed by atoms with van der Waals surface area (Å²) in [6.45, 7) is 1.93. The van der Waals surface area contributed by atoms with Gasteiger partial charge in [0, 0.05) is 17.1 Å². The van der Waals surface area contributed by atoms with E-state index < -0.39 is 0 Å². The molecule has 17 heavy (non-hydrogen) atoms. The highest BCUT2D eigenvalue weighted by Gasteiger charge is 2.13. The highest BCUT2D eigenvalue weighted by atomic mass is 79.9. The molecule has 0 bridgehead atoms. The monoisotopic (exact) mass is 315 g/mol. The largest absolute Gasteiger partial charge is 0.424 e. The van der Waals surface area contributed by atoms with Crippen molar-refractivity contribution in [3.05, 3.63) is 27.8 Å². The molecule has 0 aliphatic rings. The van der Waals surface area contributed by atoms with Crippen LogP contribution in [-0.4, -0.2) is 11.0 Å². The fourth-order valence-electron chi connectivity index (χ4n) is 1.59. The van der Waals surface area contributed by atoms with Crippen LogP contribution in [0.5, 0.6) is 5.75 Å². The summed E-state index contributed by atoms with van der Waals surface area (Å²) in [6.07, 6.45) is 2.81. The molecule has 3 nitrogen and oxygen atoms in total. The highest BCUT2D eigenvalue weighted by molar-refractivity contribution is 9.10. The van der Waals surface area contributed by atoms with Crippen molar-refractivity contribution in [1.82, 2.24) is 4.98 Å². The van der Waals surface area contributed by atoms with Gasteiger partial charge in [0.2, 0.25) is 0 Å². The maximum Gasteiger partial charge on any atom is 0.311 e. The van der Waals surface area contributed by atoms with E-state index in [1.54, 1.807) is 6.20 Å². The Hall–Kier alpha value is -1.000. The van der Waals surface area contributed by atoms with Crippen molar-refractivity contribution in [3.63, 3.8) is 0 Å². The molecule has 1 N–H and O–H groups in total. The molecular weight excluding hydrogens is 305 g/mol. The van der Waals surface area contributed by atoms with Crippen LogP contribution in [0.2, 0.25) is 5.02 Å². The molecule has 1 aromatic heterocycles. The summed E-state index contributed by atoms with van der Waals surface area (Å²) >= 11 is 9.52. The zero-order valence-electron chi connectivity index (χ0n) is 9.22. The summed E-state index contributed by atoms with van der Waals surface area (Å²) < 4.78 is 6.05. The Bertz CT molecular complexity index is 565. The Morgan fingerprint density at radius 3 is 3.00 bits per heavy atom. The predicted octanol–water partition coefficient (Wildman–Crippen LogP) is 4.29. The molecule has 0 saturated heterocycles. The zero-order chi connectivity index (χ0) is 12.4. The number of hydrogen-bond acceptors (Lipinski definition) is 2. The van der Waals surface area contributed by atoms with Crippen molar-refractivity contribution < 1.29 is 9.53 Å². The number of carbonyl (C=O) groups excluding carboxylic acids is 1. The Morgan fingerprint density at radius 2 is 2.29 bits per heavy atom. The lowest BCUT2D eigenvalue weighted by Crippen LogP contribution is -2.06. The standard InChI is InChI=1S/C12H11BrClNO2/c1-2-3-10(16)17-9-6-15-8-5-4-7(13)12(14)11(8)9/h4-6,15H,2-3H2,1H3. The second-order valence-corrected chi connectivity index (χ2v) is 4.89. The number of nitrogens with one attached hydrogen (secondary N) is 1. The maximum absolute atomic E-state index is 11.5. The number of hydrogen-bond donors (Lipinski definition) is 1. The normalized spacial score (nSPS) is 10.8. The van der Waals surface area contributed by atoms with E-state index in [0.29, 0.717) is 17.2 Å². The topological polar surface area (TPSA) is 42.1 Å². The van der Waals surface area contributed by atoms with Crippen LogP contribution < -0.4 is 4.74 Å². The van der Waals surface area contributed by atoms with Crippen LogP contribution in [-0.2, 0) is 4.79 Å². The first kappa shape index (κ1) is 12.5. The van der Waals surface area contributed by atoms with Gasteiger partial charge in [0.1, 0.15) is 0 Å². The third-order valence-corrected chi connectivity index (χ3v) is 3.66. The molecule has 0 saturated carbocycles. The van der Waals surface area contributed by atoms with Gasteiger partial charge >= 0.3 is 5.97 Å². The predicted molar refractivity (Wildman–Crippen MR) is 71.6 cm³/mol. The van der Waals surface area contributed by atoms with E-state index in [-0.39, 0.29) is 5.97 Å². The summed E-state index contributed by atoms with van der Waals surface area (Å²) in [5, 5.41) is 1.27. The fourth-order valence-corrected chi connectivity index (χ4v) is 2.17. The van der Waals surface area contributed by atoms with Gasteiger partial charge in [-0.15, -0.1) is 0 Å². The van der Waals surface area contributed by atoms with Crippen LogP contribution in [0.1, 0.15) is 19.8 Å². The molecule has 0 unspecified atom stereocenters. The molecule has 1 aromatic carbocycles. The smallest absolute Gasteiger partial charge is 0.311 e. The van der Waals surface area contributed by atoms with E-state index in [1.165, 1.54) is 0 Å². The van der Waals surface area contributed by atoms with Gasteiger partial charge in [-0.1, -0.05) is 18.5 Å². The molecule has 0 atom stereocenters. The summed E-state index contributed by atoms with van der Waals surface area (Å²) in [5.41, 5.74) is 0.845. The minimum absolute atomic E-state index is 0.246. The highest BCUT2D eigenvalue weighted by Crippen LogP contribution is 2.37. The number of carbonyl (C=O) groups is 1. The molecule has 0 radical (unpaired) electrons. The maximum atomic E-state index is 11.5. The van der Waals surface area contributed by atoms with Gasteiger partial charge in [-0.05, 0) is 34.5 Å². The molecular formula is C12H11BrClNO2. The van der Waals surface area contributed by atoms with Crippen molar-refractivity contribution in [3.8, 4) is 5.75 Å². The third kappa shape index (κ3) is 2.48. The van der Waals surface area contributed by atoms with Gasteiger partial charge in [-0.2, -0.15) is 0 Å². The third-order valence-electron chi connectivity index (χ3n) is 2.38. The number of rotatable bonds is 3. The fraction of sp³-hybridized carbons (Fsp3) is 0.250. The number of H-pyrrole nitrogens is 1. The van der Waals surface area contributed by atoms with Crippen molar-refractivity contribution >= 4 is 44.4 Å². The Labute approximate surface area is 112 Å². The van der Waals surface area contributed by atoms with E-state index in [4.69, 9.17) is 16.3 Å². The Morgan fingerprint density at radius 1 is 1.53 bits per heavy atom. The molecule has 5 heteroatoms. The minimum atomic E-state index is -0.246. The number of ether oxygens (including phenoxy) is 1.